The number of likely N-dealkylation sites (N-methyl/N-ethyl adjacent to an activating group) is 1. The summed E-state index contributed by atoms with van der Waals surface area (Å²) in [7, 11) is 1.80. The molecular weight excluding hydrogens is 238 g/mol. The van der Waals surface area contributed by atoms with E-state index in [-0.39, 0.29) is 5.91 Å². The van der Waals surface area contributed by atoms with Crippen LogP contribution in [0.5, 0.6) is 0 Å². The van der Waals surface area contributed by atoms with Crippen LogP contribution in [0.25, 0.3) is 0 Å². The van der Waals surface area contributed by atoms with Gasteiger partial charge in [-0.15, -0.1) is 0 Å². The number of carbonyl (C=O) groups excluding carboxylic acids is 1. The van der Waals surface area contributed by atoms with Gasteiger partial charge in [0, 0.05) is 31.7 Å². The predicted octanol–water partition coefficient (Wildman–Crippen LogP) is 1.86. The molecule has 19 heavy (non-hydrogen) atoms. The molecule has 0 spiro atoms. The van der Waals surface area contributed by atoms with Crippen LogP contribution in [-0.4, -0.2) is 22.8 Å². The van der Waals surface area contributed by atoms with E-state index in [1.165, 1.54) is 0 Å². The average molecular weight is 255 g/mol. The molecule has 0 aliphatic carbocycles. The van der Waals surface area contributed by atoms with Gasteiger partial charge < -0.3 is 10.6 Å². The molecule has 4 heteroatoms. The standard InChI is InChI=1S/C15H17N3O/c1-18(11-13-3-2-8-17-10-13)15(19)9-12-4-6-14(16)7-5-12/h2-8,10H,9,11,16H2,1H3. The maximum absolute atomic E-state index is 12.1. The van der Waals surface area contributed by atoms with Crippen LogP contribution in [0, 0.1) is 0 Å². The van der Waals surface area contributed by atoms with E-state index in [0.717, 1.165) is 11.1 Å². The first-order chi connectivity index (χ1) is 9.15. The van der Waals surface area contributed by atoms with Crippen LogP contribution in [0.1, 0.15) is 11.1 Å². The Kier molecular flexibility index (Phi) is 4.13. The third-order valence-corrected chi connectivity index (χ3v) is 2.90. The first kappa shape index (κ1) is 13.1. The lowest BCUT2D eigenvalue weighted by Gasteiger charge is -2.17. The lowest BCUT2D eigenvalue weighted by atomic mass is 10.1. The molecule has 2 rings (SSSR count). The summed E-state index contributed by atoms with van der Waals surface area (Å²) in [6.45, 7) is 0.571. The van der Waals surface area contributed by atoms with Crippen molar-refractivity contribution in [2.75, 3.05) is 12.8 Å². The summed E-state index contributed by atoms with van der Waals surface area (Å²) in [5, 5.41) is 0. The van der Waals surface area contributed by atoms with Crippen LogP contribution in [-0.2, 0) is 17.8 Å². The molecule has 0 fully saturated rings. The summed E-state index contributed by atoms with van der Waals surface area (Å²) >= 11 is 0. The minimum Gasteiger partial charge on any atom is -0.399 e. The number of nitrogens with zero attached hydrogens (tertiary/aromatic N) is 2. The summed E-state index contributed by atoms with van der Waals surface area (Å²) < 4.78 is 0. The molecule has 2 aromatic rings. The SMILES string of the molecule is CN(Cc1cccnc1)C(=O)Cc1ccc(N)cc1. The van der Waals surface area contributed by atoms with Gasteiger partial charge in [0.15, 0.2) is 0 Å². The molecule has 0 saturated carbocycles. The van der Waals surface area contributed by atoms with Crippen LogP contribution in [0.3, 0.4) is 0 Å². The summed E-state index contributed by atoms with van der Waals surface area (Å²) in [6, 6.07) is 11.2. The highest BCUT2D eigenvalue weighted by Gasteiger charge is 2.10. The summed E-state index contributed by atoms with van der Waals surface area (Å²) in [4.78, 5) is 17.8. The lowest BCUT2D eigenvalue weighted by molar-refractivity contribution is -0.129. The van der Waals surface area contributed by atoms with Gasteiger partial charge >= 0.3 is 0 Å². The number of nitrogens with two attached hydrogens (primary N) is 1. The number of rotatable bonds is 4. The minimum absolute atomic E-state index is 0.0774. The topological polar surface area (TPSA) is 59.2 Å². The van der Waals surface area contributed by atoms with Crippen LogP contribution < -0.4 is 5.73 Å². The van der Waals surface area contributed by atoms with Crippen molar-refractivity contribution in [2.45, 2.75) is 13.0 Å². The predicted molar refractivity (Wildman–Crippen MR) is 75.3 cm³/mol. The highest BCUT2D eigenvalue weighted by Crippen LogP contribution is 2.08. The van der Waals surface area contributed by atoms with E-state index in [1.54, 1.807) is 24.3 Å². The van der Waals surface area contributed by atoms with Crippen molar-refractivity contribution in [3.05, 3.63) is 59.9 Å². The molecule has 98 valence electrons. The molecule has 0 aliphatic heterocycles. The lowest BCUT2D eigenvalue weighted by Crippen LogP contribution is -2.27. The molecule has 2 N–H and O–H groups in total. The number of hydrogen-bond donors (Lipinski definition) is 1. The third kappa shape index (κ3) is 3.81. The summed E-state index contributed by atoms with van der Waals surface area (Å²) in [6.07, 6.45) is 3.88. The molecule has 1 heterocycles. The van der Waals surface area contributed by atoms with Gasteiger partial charge in [-0.3, -0.25) is 9.78 Å². The molecule has 0 bridgehead atoms. The van der Waals surface area contributed by atoms with Crippen LogP contribution >= 0.6 is 0 Å². The van der Waals surface area contributed by atoms with Gasteiger partial charge in [-0.2, -0.15) is 0 Å². The summed E-state index contributed by atoms with van der Waals surface area (Å²) in [5.41, 5.74) is 8.32. The average Bonchev–Trinajstić information content (AvgIpc) is 2.42. The Labute approximate surface area is 112 Å². The molecular formula is C15H17N3O. The monoisotopic (exact) mass is 255 g/mol. The first-order valence-corrected chi connectivity index (χ1v) is 6.12. The quantitative estimate of drug-likeness (QED) is 0.848. The number of nitrogen functional groups attached to an aromatic ring is 1. The van der Waals surface area contributed by atoms with E-state index in [2.05, 4.69) is 4.98 Å². The molecule has 4 nitrogen and oxygen atoms in total. The number of carbonyl (C=O) groups is 1. The molecule has 1 aromatic heterocycles. The van der Waals surface area contributed by atoms with Crippen LogP contribution in [0.2, 0.25) is 0 Å². The van der Waals surface area contributed by atoms with E-state index >= 15 is 0 Å². The fourth-order valence-corrected chi connectivity index (χ4v) is 1.80. The van der Waals surface area contributed by atoms with Crippen LogP contribution in [0.4, 0.5) is 5.69 Å². The van der Waals surface area contributed by atoms with Gasteiger partial charge in [-0.05, 0) is 29.3 Å². The number of aromatic nitrogens is 1. The second-order valence-corrected chi connectivity index (χ2v) is 4.53. The van der Waals surface area contributed by atoms with E-state index in [9.17, 15) is 4.79 Å². The van der Waals surface area contributed by atoms with Crippen LogP contribution in [0.15, 0.2) is 48.8 Å². The van der Waals surface area contributed by atoms with Crippen molar-refractivity contribution in [3.8, 4) is 0 Å². The third-order valence-electron chi connectivity index (χ3n) is 2.90. The second kappa shape index (κ2) is 6.00. The molecule has 1 aromatic carbocycles. The van der Waals surface area contributed by atoms with Crippen molar-refractivity contribution in [1.29, 1.82) is 0 Å². The van der Waals surface area contributed by atoms with E-state index in [0.29, 0.717) is 18.7 Å². The Morgan fingerprint density at radius 2 is 1.95 bits per heavy atom. The normalized spacial score (nSPS) is 10.2. The van der Waals surface area contributed by atoms with Gasteiger partial charge in [-0.1, -0.05) is 18.2 Å². The molecule has 0 radical (unpaired) electrons. The maximum Gasteiger partial charge on any atom is 0.227 e. The second-order valence-electron chi connectivity index (χ2n) is 4.53. The van der Waals surface area contributed by atoms with Gasteiger partial charge in [0.2, 0.25) is 5.91 Å². The highest BCUT2D eigenvalue weighted by atomic mass is 16.2. The van der Waals surface area contributed by atoms with E-state index in [4.69, 9.17) is 5.73 Å². The zero-order valence-electron chi connectivity index (χ0n) is 10.9. The van der Waals surface area contributed by atoms with Crippen molar-refractivity contribution >= 4 is 11.6 Å². The Morgan fingerprint density at radius 1 is 1.21 bits per heavy atom. The van der Waals surface area contributed by atoms with Gasteiger partial charge in [0.25, 0.3) is 0 Å². The number of hydrogen-bond acceptors (Lipinski definition) is 3. The van der Waals surface area contributed by atoms with Crippen molar-refractivity contribution < 1.29 is 4.79 Å². The molecule has 0 atom stereocenters. The van der Waals surface area contributed by atoms with Crippen molar-refractivity contribution in [1.82, 2.24) is 9.88 Å². The molecule has 1 amide bonds. The largest absolute Gasteiger partial charge is 0.399 e. The highest BCUT2D eigenvalue weighted by molar-refractivity contribution is 5.78. The Bertz CT molecular complexity index is 537. The number of benzene rings is 1. The van der Waals surface area contributed by atoms with Gasteiger partial charge in [0.1, 0.15) is 0 Å². The number of anilines is 1. The van der Waals surface area contributed by atoms with Crippen molar-refractivity contribution in [2.24, 2.45) is 0 Å². The Hall–Kier alpha value is -2.36. The Balaban J connectivity index is 1.94. The molecule has 0 unspecified atom stereocenters. The summed E-state index contributed by atoms with van der Waals surface area (Å²) in [5.74, 6) is 0.0774. The van der Waals surface area contributed by atoms with Gasteiger partial charge in [0.05, 0.1) is 6.42 Å². The Morgan fingerprint density at radius 3 is 2.58 bits per heavy atom. The zero-order valence-corrected chi connectivity index (χ0v) is 10.9. The zero-order chi connectivity index (χ0) is 13.7. The first-order valence-electron chi connectivity index (χ1n) is 6.12. The van der Waals surface area contributed by atoms with E-state index in [1.807, 2.05) is 36.4 Å². The van der Waals surface area contributed by atoms with Crippen molar-refractivity contribution in [3.63, 3.8) is 0 Å². The van der Waals surface area contributed by atoms with E-state index < -0.39 is 0 Å². The smallest absolute Gasteiger partial charge is 0.227 e. The number of amides is 1. The maximum atomic E-state index is 12.1. The molecule has 0 saturated heterocycles. The fraction of sp³-hybridized carbons (Fsp3) is 0.200. The van der Waals surface area contributed by atoms with Gasteiger partial charge in [-0.25, -0.2) is 0 Å². The fourth-order valence-electron chi connectivity index (χ4n) is 1.80. The number of pyridine rings is 1. The minimum atomic E-state index is 0.0774. The molecule has 0 aliphatic rings.